The first-order chi connectivity index (χ1) is 17.9. The van der Waals surface area contributed by atoms with Gasteiger partial charge in [-0.2, -0.15) is 6.42 Å². The van der Waals surface area contributed by atoms with Crippen molar-refractivity contribution in [3.8, 4) is 0 Å². The zero-order valence-corrected chi connectivity index (χ0v) is 24.4. The van der Waals surface area contributed by atoms with Crippen molar-refractivity contribution in [1.29, 1.82) is 0 Å². The van der Waals surface area contributed by atoms with Crippen molar-refractivity contribution in [2.45, 2.75) is 52.6 Å². The largest absolute Gasteiger partial charge is 0.342 e. The molecule has 1 aliphatic heterocycles. The van der Waals surface area contributed by atoms with Crippen molar-refractivity contribution in [3.05, 3.63) is 82.0 Å². The van der Waals surface area contributed by atoms with Gasteiger partial charge in [0.25, 0.3) is 5.82 Å². The third-order valence-electron chi connectivity index (χ3n) is 6.45. The number of halogens is 4. The molecule has 198 valence electrons. The summed E-state index contributed by atoms with van der Waals surface area (Å²) < 4.78 is 4.58. The van der Waals surface area contributed by atoms with Gasteiger partial charge in [-0.3, -0.25) is 0 Å². The molecule has 0 bridgehead atoms. The molecule has 0 spiro atoms. The second kappa shape index (κ2) is 12.3. The van der Waals surface area contributed by atoms with Gasteiger partial charge in [0.1, 0.15) is 5.82 Å². The number of aryl methyl sites for hydroxylation is 2. The van der Waals surface area contributed by atoms with Gasteiger partial charge in [0.2, 0.25) is 0 Å². The standard InChI is InChI=1S/C29H33Cl4N4/c1-5-12-34-24-16-20(30)21(31)17-25(24)35(13-6-2)28(34)10-9-11-29-36(14-7-3)26-18-22(32)23(33)19-27(26)37(29)15-8-4/h9-11,16-19H,1,3,5-8,12-15H2,2,4H3/q-1. The summed E-state index contributed by atoms with van der Waals surface area (Å²) in [5, 5.41) is 2.23. The Balaban J connectivity index is 1.84. The Bertz CT molecular complexity index is 1250. The van der Waals surface area contributed by atoms with Crippen LogP contribution in [0.3, 0.4) is 0 Å². The van der Waals surface area contributed by atoms with E-state index < -0.39 is 0 Å². The van der Waals surface area contributed by atoms with Crippen LogP contribution in [0.15, 0.2) is 42.2 Å². The van der Waals surface area contributed by atoms with Crippen LogP contribution in [0.25, 0.3) is 17.1 Å². The minimum absolute atomic E-state index is 0.554. The summed E-state index contributed by atoms with van der Waals surface area (Å²) in [6.07, 6.45) is 9.95. The van der Waals surface area contributed by atoms with Crippen molar-refractivity contribution in [1.82, 2.24) is 4.57 Å². The number of nitrogens with zero attached hydrogens (tertiary/aromatic N) is 4. The molecule has 2 heterocycles. The van der Waals surface area contributed by atoms with E-state index in [-0.39, 0.29) is 0 Å². The summed E-state index contributed by atoms with van der Waals surface area (Å²) in [4.78, 5) is 4.58. The van der Waals surface area contributed by atoms with E-state index in [9.17, 15) is 0 Å². The number of rotatable bonds is 10. The molecule has 1 aliphatic rings. The van der Waals surface area contributed by atoms with Gasteiger partial charge >= 0.3 is 0 Å². The highest BCUT2D eigenvalue weighted by Crippen LogP contribution is 2.45. The van der Waals surface area contributed by atoms with E-state index in [0.29, 0.717) is 20.1 Å². The van der Waals surface area contributed by atoms with Crippen LogP contribution < -0.4 is 14.4 Å². The second-order valence-electron chi connectivity index (χ2n) is 9.07. The molecule has 0 N–H and O–H groups in total. The molecule has 0 fully saturated rings. The van der Waals surface area contributed by atoms with Crippen LogP contribution in [0.5, 0.6) is 0 Å². The highest BCUT2D eigenvalue weighted by atomic mass is 35.5. The Labute approximate surface area is 240 Å². The normalized spacial score (nSPS) is 14.6. The molecule has 3 aromatic rings. The first-order valence-electron chi connectivity index (χ1n) is 12.8. The molecule has 0 saturated heterocycles. The van der Waals surface area contributed by atoms with Crippen molar-refractivity contribution < 1.29 is 4.57 Å². The van der Waals surface area contributed by atoms with Crippen molar-refractivity contribution in [2.24, 2.45) is 0 Å². The topological polar surface area (TPSA) is 15.3 Å². The molecule has 0 aliphatic carbocycles. The monoisotopic (exact) mass is 577 g/mol. The molecule has 1 aromatic heterocycles. The summed E-state index contributed by atoms with van der Waals surface area (Å²) >= 11 is 25.7. The van der Waals surface area contributed by atoms with E-state index >= 15 is 0 Å². The van der Waals surface area contributed by atoms with Gasteiger partial charge in [0, 0.05) is 24.8 Å². The summed E-state index contributed by atoms with van der Waals surface area (Å²) in [5.41, 5.74) is 4.26. The fourth-order valence-corrected chi connectivity index (χ4v) is 5.62. The fourth-order valence-electron chi connectivity index (χ4n) is 4.99. The maximum atomic E-state index is 6.42. The minimum atomic E-state index is 0.554. The smallest absolute Gasteiger partial charge is 0.282 e. The average molecular weight is 579 g/mol. The lowest BCUT2D eigenvalue weighted by Gasteiger charge is -2.25. The van der Waals surface area contributed by atoms with E-state index in [1.165, 1.54) is 0 Å². The van der Waals surface area contributed by atoms with Crippen LogP contribution in [0.1, 0.15) is 45.4 Å². The summed E-state index contributed by atoms with van der Waals surface area (Å²) in [7, 11) is 0. The summed E-state index contributed by atoms with van der Waals surface area (Å²) in [5.74, 6) is 2.17. The van der Waals surface area contributed by atoms with Crippen LogP contribution in [0.2, 0.25) is 20.1 Å². The lowest BCUT2D eigenvalue weighted by Crippen LogP contribution is -2.36. The van der Waals surface area contributed by atoms with Gasteiger partial charge < -0.3 is 23.6 Å². The third kappa shape index (κ3) is 5.49. The Hall–Kier alpha value is -1.85. The quantitative estimate of drug-likeness (QED) is 0.176. The molecule has 0 unspecified atom stereocenters. The molecule has 2 aromatic carbocycles. The maximum absolute atomic E-state index is 6.42. The zero-order valence-electron chi connectivity index (χ0n) is 21.4. The molecule has 4 nitrogen and oxygen atoms in total. The van der Waals surface area contributed by atoms with E-state index in [1.54, 1.807) is 0 Å². The Morgan fingerprint density at radius 2 is 1.38 bits per heavy atom. The molecule has 0 atom stereocenters. The number of fused-ring (bicyclic) bond motifs is 2. The van der Waals surface area contributed by atoms with E-state index in [0.717, 1.165) is 85.9 Å². The molecular formula is C29H33Cl4N4-. The van der Waals surface area contributed by atoms with Crippen LogP contribution >= 0.6 is 46.4 Å². The van der Waals surface area contributed by atoms with Gasteiger partial charge in [-0.1, -0.05) is 66.3 Å². The van der Waals surface area contributed by atoms with E-state index in [1.807, 2.05) is 24.3 Å². The second-order valence-corrected chi connectivity index (χ2v) is 10.7. The number of hydrogen-bond donors (Lipinski definition) is 0. The number of allylic oxidation sites excluding steroid dienone is 2. The Kier molecular flexibility index (Phi) is 9.39. The molecule has 8 heteroatoms. The molecule has 0 radical (unpaired) electrons. The molecule has 4 rings (SSSR count). The van der Waals surface area contributed by atoms with Crippen LogP contribution in [-0.4, -0.2) is 17.7 Å². The van der Waals surface area contributed by atoms with Crippen molar-refractivity contribution in [2.75, 3.05) is 22.9 Å². The Morgan fingerprint density at radius 1 is 0.784 bits per heavy atom. The van der Waals surface area contributed by atoms with Gasteiger partial charge in [-0.05, 0) is 37.6 Å². The number of aromatic nitrogens is 2. The SMILES string of the molecule is [CH2-]CCN1C(=CC=Cc2n(CCC)c3cc(Cl)c(Cl)cc3[n+]2CC[CH2-])N(CCC)c2cc(Cl)c(Cl)cc21. The van der Waals surface area contributed by atoms with Gasteiger partial charge in [0.05, 0.1) is 44.6 Å². The molecule has 0 saturated carbocycles. The van der Waals surface area contributed by atoms with Gasteiger partial charge in [0.15, 0.2) is 11.0 Å². The lowest BCUT2D eigenvalue weighted by molar-refractivity contribution is -0.673. The molecular weight excluding hydrogens is 546 g/mol. The van der Waals surface area contributed by atoms with Crippen molar-refractivity contribution in [3.63, 3.8) is 0 Å². The highest BCUT2D eigenvalue weighted by Gasteiger charge is 2.31. The first kappa shape index (κ1) is 28.2. The average Bonchev–Trinajstić information content (AvgIpc) is 3.28. The van der Waals surface area contributed by atoms with E-state index in [2.05, 4.69) is 64.9 Å². The first-order valence-corrected chi connectivity index (χ1v) is 14.3. The van der Waals surface area contributed by atoms with Crippen LogP contribution in [0, 0.1) is 13.8 Å². The fraction of sp³-hybridized carbons (Fsp3) is 0.345. The number of anilines is 2. The van der Waals surface area contributed by atoms with Gasteiger partial charge in [-0.25, -0.2) is 9.13 Å². The third-order valence-corrected chi connectivity index (χ3v) is 7.90. The molecule has 37 heavy (non-hydrogen) atoms. The number of hydrogen-bond acceptors (Lipinski definition) is 2. The predicted molar refractivity (Wildman–Crippen MR) is 161 cm³/mol. The lowest BCUT2D eigenvalue weighted by atomic mass is 10.2. The highest BCUT2D eigenvalue weighted by molar-refractivity contribution is 6.43. The summed E-state index contributed by atoms with van der Waals surface area (Å²) in [6, 6.07) is 7.84. The van der Waals surface area contributed by atoms with Crippen LogP contribution in [-0.2, 0) is 13.1 Å². The van der Waals surface area contributed by atoms with Crippen molar-refractivity contribution >= 4 is 74.9 Å². The van der Waals surface area contributed by atoms with Crippen LogP contribution in [0.4, 0.5) is 11.4 Å². The van der Waals surface area contributed by atoms with E-state index in [4.69, 9.17) is 46.4 Å². The Morgan fingerprint density at radius 3 is 1.97 bits per heavy atom. The number of benzene rings is 2. The van der Waals surface area contributed by atoms with Gasteiger partial charge in [-0.15, -0.1) is 6.42 Å². The predicted octanol–water partition coefficient (Wildman–Crippen LogP) is 8.99. The number of imidazole rings is 1. The summed E-state index contributed by atoms with van der Waals surface area (Å²) in [6.45, 7) is 15.8. The zero-order chi connectivity index (χ0) is 26.7. The maximum Gasteiger partial charge on any atom is 0.282 e. The minimum Gasteiger partial charge on any atom is -0.342 e. The molecule has 0 amide bonds.